The third-order valence-corrected chi connectivity index (χ3v) is 4.33. The molecule has 8 heteroatoms. The van der Waals surface area contributed by atoms with Crippen LogP contribution in [0.1, 0.15) is 25.8 Å². The smallest absolute Gasteiger partial charge is 0.328 e. The van der Waals surface area contributed by atoms with E-state index in [-0.39, 0.29) is 37.6 Å². The van der Waals surface area contributed by atoms with Gasteiger partial charge in [0.05, 0.1) is 6.54 Å². The SMILES string of the molecule is CC1(C)Cc2cccc(OCC#CCNC(=O)CCn3ccc(=O)[nH]c3=O)c2O1. The summed E-state index contributed by atoms with van der Waals surface area (Å²) in [6, 6.07) is 7.04. The summed E-state index contributed by atoms with van der Waals surface area (Å²) in [5.74, 6) is 6.87. The highest BCUT2D eigenvalue weighted by Gasteiger charge is 2.32. The third kappa shape index (κ3) is 5.51. The highest BCUT2D eigenvalue weighted by molar-refractivity contribution is 5.76. The number of hydrogen-bond donors (Lipinski definition) is 2. The molecule has 2 N–H and O–H groups in total. The molecule has 0 bridgehead atoms. The minimum Gasteiger partial charge on any atom is -0.483 e. The largest absolute Gasteiger partial charge is 0.483 e. The number of aromatic nitrogens is 2. The maximum Gasteiger partial charge on any atom is 0.328 e. The molecule has 29 heavy (non-hydrogen) atoms. The summed E-state index contributed by atoms with van der Waals surface area (Å²) in [5, 5.41) is 2.65. The van der Waals surface area contributed by atoms with Crippen molar-refractivity contribution in [2.75, 3.05) is 13.2 Å². The van der Waals surface area contributed by atoms with Crippen molar-refractivity contribution in [3.63, 3.8) is 0 Å². The number of aromatic amines is 1. The molecule has 0 aliphatic carbocycles. The number of aryl methyl sites for hydroxylation is 1. The van der Waals surface area contributed by atoms with Gasteiger partial charge in [0.1, 0.15) is 12.2 Å². The molecule has 0 saturated heterocycles. The van der Waals surface area contributed by atoms with Gasteiger partial charge >= 0.3 is 5.69 Å². The van der Waals surface area contributed by atoms with Crippen molar-refractivity contribution in [1.29, 1.82) is 0 Å². The molecule has 3 rings (SSSR count). The van der Waals surface area contributed by atoms with Crippen LogP contribution in [0, 0.1) is 11.8 Å². The molecule has 1 aliphatic heterocycles. The zero-order valence-electron chi connectivity index (χ0n) is 16.4. The van der Waals surface area contributed by atoms with Gasteiger partial charge in [0.15, 0.2) is 11.5 Å². The Kier molecular flexibility index (Phi) is 6.07. The van der Waals surface area contributed by atoms with Gasteiger partial charge in [-0.1, -0.05) is 24.0 Å². The topological polar surface area (TPSA) is 102 Å². The van der Waals surface area contributed by atoms with Crippen LogP contribution in [0.5, 0.6) is 11.5 Å². The van der Waals surface area contributed by atoms with Gasteiger partial charge in [-0.05, 0) is 19.9 Å². The van der Waals surface area contributed by atoms with Crippen molar-refractivity contribution in [3.05, 3.63) is 56.9 Å². The predicted molar refractivity (Wildman–Crippen MR) is 107 cm³/mol. The molecule has 8 nitrogen and oxygen atoms in total. The summed E-state index contributed by atoms with van der Waals surface area (Å²) in [6.45, 7) is 4.61. The average molecular weight is 397 g/mol. The quantitative estimate of drug-likeness (QED) is 0.704. The van der Waals surface area contributed by atoms with Gasteiger partial charge in [-0.15, -0.1) is 0 Å². The van der Waals surface area contributed by atoms with Gasteiger partial charge in [0.25, 0.3) is 5.56 Å². The summed E-state index contributed by atoms with van der Waals surface area (Å²) in [4.78, 5) is 36.5. The number of fused-ring (bicyclic) bond motifs is 1. The minimum atomic E-state index is -0.540. The van der Waals surface area contributed by atoms with Crippen molar-refractivity contribution in [2.24, 2.45) is 0 Å². The molecule has 0 spiro atoms. The third-order valence-electron chi connectivity index (χ3n) is 4.33. The first-order valence-corrected chi connectivity index (χ1v) is 9.30. The number of H-pyrrole nitrogens is 1. The van der Waals surface area contributed by atoms with Crippen LogP contribution >= 0.6 is 0 Å². The van der Waals surface area contributed by atoms with E-state index in [0.717, 1.165) is 17.7 Å². The Morgan fingerprint density at radius 3 is 2.93 bits per heavy atom. The second-order valence-electron chi connectivity index (χ2n) is 7.26. The molecular formula is C21H23N3O5. The van der Waals surface area contributed by atoms with Crippen LogP contribution in [-0.2, 0) is 17.8 Å². The number of nitrogens with zero attached hydrogens (tertiary/aromatic N) is 1. The first kappa shape index (κ1) is 20.3. The Bertz CT molecular complexity index is 1070. The molecule has 1 aromatic carbocycles. The molecule has 2 heterocycles. The number of rotatable bonds is 6. The normalized spacial score (nSPS) is 13.6. The number of carbonyl (C=O) groups is 1. The Morgan fingerprint density at radius 2 is 2.14 bits per heavy atom. The molecule has 2 aromatic rings. The number of nitrogens with one attached hydrogen (secondary N) is 2. The van der Waals surface area contributed by atoms with E-state index in [0.29, 0.717) is 5.75 Å². The van der Waals surface area contributed by atoms with E-state index in [4.69, 9.17) is 9.47 Å². The second kappa shape index (κ2) is 8.69. The van der Waals surface area contributed by atoms with Crippen LogP contribution in [-0.4, -0.2) is 34.2 Å². The first-order valence-electron chi connectivity index (χ1n) is 9.30. The summed E-state index contributed by atoms with van der Waals surface area (Å²) >= 11 is 0. The van der Waals surface area contributed by atoms with Gasteiger partial charge < -0.3 is 19.4 Å². The Labute approximate surface area is 167 Å². The first-order chi connectivity index (χ1) is 13.8. The summed E-state index contributed by atoms with van der Waals surface area (Å²) in [6.07, 6.45) is 2.30. The van der Waals surface area contributed by atoms with Gasteiger partial charge in [-0.3, -0.25) is 14.6 Å². The molecule has 152 valence electrons. The molecule has 0 unspecified atom stereocenters. The summed E-state index contributed by atoms with van der Waals surface area (Å²) in [7, 11) is 0. The Hall–Kier alpha value is -3.47. The maximum atomic E-state index is 11.8. The maximum absolute atomic E-state index is 11.8. The molecule has 0 radical (unpaired) electrons. The van der Waals surface area contributed by atoms with Crippen molar-refractivity contribution >= 4 is 5.91 Å². The molecular weight excluding hydrogens is 374 g/mol. The van der Waals surface area contributed by atoms with Gasteiger partial charge in [-0.2, -0.15) is 0 Å². The monoisotopic (exact) mass is 397 g/mol. The lowest BCUT2D eigenvalue weighted by Gasteiger charge is -2.17. The zero-order valence-corrected chi connectivity index (χ0v) is 16.4. The lowest BCUT2D eigenvalue weighted by molar-refractivity contribution is -0.121. The van der Waals surface area contributed by atoms with E-state index in [9.17, 15) is 14.4 Å². The fraction of sp³-hybridized carbons (Fsp3) is 0.381. The van der Waals surface area contributed by atoms with Gasteiger partial charge in [-0.25, -0.2) is 4.79 Å². The number of ether oxygens (including phenoxy) is 2. The highest BCUT2D eigenvalue weighted by atomic mass is 16.5. The van der Waals surface area contributed by atoms with E-state index >= 15 is 0 Å². The fourth-order valence-electron chi connectivity index (χ4n) is 3.00. The van der Waals surface area contributed by atoms with Crippen LogP contribution < -0.4 is 26.0 Å². The Balaban J connectivity index is 1.40. The number of para-hydroxylation sites is 1. The molecule has 0 atom stereocenters. The predicted octanol–water partition coefficient (Wildman–Crippen LogP) is 0.839. The number of hydrogen-bond acceptors (Lipinski definition) is 5. The van der Waals surface area contributed by atoms with E-state index in [1.54, 1.807) is 0 Å². The summed E-state index contributed by atoms with van der Waals surface area (Å²) in [5.41, 5.74) is -0.127. The number of carbonyl (C=O) groups excluding carboxylic acids is 1. The van der Waals surface area contributed by atoms with Crippen LogP contribution in [0.3, 0.4) is 0 Å². The van der Waals surface area contributed by atoms with Crippen LogP contribution in [0.2, 0.25) is 0 Å². The molecule has 0 saturated carbocycles. The van der Waals surface area contributed by atoms with E-state index < -0.39 is 11.2 Å². The van der Waals surface area contributed by atoms with Crippen LogP contribution in [0.4, 0.5) is 0 Å². The van der Waals surface area contributed by atoms with Crippen molar-refractivity contribution in [3.8, 4) is 23.3 Å². The van der Waals surface area contributed by atoms with E-state index in [2.05, 4.69) is 22.1 Å². The zero-order chi connectivity index (χ0) is 20.9. The van der Waals surface area contributed by atoms with Gasteiger partial charge in [0, 0.05) is 37.2 Å². The van der Waals surface area contributed by atoms with Crippen molar-refractivity contribution in [2.45, 2.75) is 38.8 Å². The lowest BCUT2D eigenvalue weighted by Crippen LogP contribution is -2.31. The number of benzene rings is 1. The molecule has 0 fully saturated rings. The Morgan fingerprint density at radius 1 is 1.31 bits per heavy atom. The molecule has 1 aromatic heterocycles. The van der Waals surface area contributed by atoms with Crippen LogP contribution in [0.25, 0.3) is 0 Å². The van der Waals surface area contributed by atoms with Crippen LogP contribution in [0.15, 0.2) is 40.1 Å². The van der Waals surface area contributed by atoms with Crippen molar-refractivity contribution < 1.29 is 14.3 Å². The highest BCUT2D eigenvalue weighted by Crippen LogP contribution is 2.41. The van der Waals surface area contributed by atoms with Gasteiger partial charge in [0.2, 0.25) is 5.91 Å². The number of amides is 1. The second-order valence-corrected chi connectivity index (χ2v) is 7.26. The molecule has 1 aliphatic rings. The van der Waals surface area contributed by atoms with E-state index in [1.807, 2.05) is 32.0 Å². The fourth-order valence-corrected chi connectivity index (χ4v) is 3.00. The lowest BCUT2D eigenvalue weighted by atomic mass is 10.0. The van der Waals surface area contributed by atoms with Crippen molar-refractivity contribution in [1.82, 2.24) is 14.9 Å². The van der Waals surface area contributed by atoms with E-state index in [1.165, 1.54) is 16.8 Å². The average Bonchev–Trinajstić information content (AvgIpc) is 2.98. The molecule has 1 amide bonds. The minimum absolute atomic E-state index is 0.105. The standard InChI is InChI=1S/C21H23N3O5/c1-21(2)14-15-6-5-7-16(19(15)29-21)28-13-4-3-10-22-17(25)8-11-24-12-9-18(26)23-20(24)27/h5-7,9,12H,8,10-11,13-14H2,1-2H3,(H,22,25)(H,23,26,27). The summed E-state index contributed by atoms with van der Waals surface area (Å²) < 4.78 is 12.9.